The fourth-order valence-electron chi connectivity index (χ4n) is 2.16. The van der Waals surface area contributed by atoms with Gasteiger partial charge >= 0.3 is 0 Å². The fraction of sp³-hybridized carbons (Fsp3) is 0.250. The Morgan fingerprint density at radius 1 is 1.04 bits per heavy atom. The number of anilines is 1. The van der Waals surface area contributed by atoms with E-state index in [-0.39, 0.29) is 17.1 Å². The van der Waals surface area contributed by atoms with Crippen LogP contribution in [0.5, 0.6) is 5.75 Å². The molecule has 0 saturated carbocycles. The molecule has 0 amide bonds. The standard InChI is InChI=1S/C16H17F2NO3S/c1-3-19(16-10-5-12(17)11-15(16)18)23(20,21)14-8-6-13(7-9-14)22-4-2/h5-11H,3-4H2,1-2H3. The zero-order chi connectivity index (χ0) is 17.0. The van der Waals surface area contributed by atoms with E-state index in [9.17, 15) is 17.2 Å². The van der Waals surface area contributed by atoms with Gasteiger partial charge in [-0.15, -0.1) is 0 Å². The van der Waals surface area contributed by atoms with E-state index >= 15 is 0 Å². The summed E-state index contributed by atoms with van der Waals surface area (Å²) in [6.45, 7) is 3.88. The van der Waals surface area contributed by atoms with Gasteiger partial charge in [-0.2, -0.15) is 0 Å². The summed E-state index contributed by atoms with van der Waals surface area (Å²) in [5.74, 6) is -1.15. The predicted octanol–water partition coefficient (Wildman–Crippen LogP) is 3.58. The Hall–Kier alpha value is -2.15. The first-order valence-electron chi connectivity index (χ1n) is 7.10. The second-order valence-electron chi connectivity index (χ2n) is 4.67. The molecule has 0 aliphatic rings. The largest absolute Gasteiger partial charge is 0.494 e. The lowest BCUT2D eigenvalue weighted by molar-refractivity contribution is 0.340. The Balaban J connectivity index is 2.42. The molecule has 0 aromatic heterocycles. The van der Waals surface area contributed by atoms with Gasteiger partial charge in [-0.3, -0.25) is 4.31 Å². The van der Waals surface area contributed by atoms with Crippen molar-refractivity contribution in [1.29, 1.82) is 0 Å². The van der Waals surface area contributed by atoms with Crippen LogP contribution in [0.1, 0.15) is 13.8 Å². The van der Waals surface area contributed by atoms with E-state index in [4.69, 9.17) is 4.74 Å². The van der Waals surface area contributed by atoms with Crippen LogP contribution in [-0.2, 0) is 10.0 Å². The van der Waals surface area contributed by atoms with Gasteiger partial charge in [0.25, 0.3) is 10.0 Å². The third kappa shape index (κ3) is 3.61. The molecule has 2 aromatic carbocycles. The number of nitrogens with zero attached hydrogens (tertiary/aromatic N) is 1. The average Bonchev–Trinajstić information content (AvgIpc) is 2.51. The molecule has 2 aromatic rings. The molecule has 0 fully saturated rings. The van der Waals surface area contributed by atoms with Crippen LogP contribution in [-0.4, -0.2) is 21.6 Å². The summed E-state index contributed by atoms with van der Waals surface area (Å²) < 4.78 is 58.5. The van der Waals surface area contributed by atoms with Crippen molar-refractivity contribution >= 4 is 15.7 Å². The van der Waals surface area contributed by atoms with Crippen molar-refractivity contribution < 1.29 is 21.9 Å². The van der Waals surface area contributed by atoms with E-state index in [0.29, 0.717) is 18.4 Å². The maximum atomic E-state index is 13.9. The van der Waals surface area contributed by atoms with Gasteiger partial charge in [-0.25, -0.2) is 17.2 Å². The molecule has 0 unspecified atom stereocenters. The first kappa shape index (κ1) is 17.2. The topological polar surface area (TPSA) is 46.6 Å². The molecule has 0 spiro atoms. The number of hydrogen-bond acceptors (Lipinski definition) is 3. The van der Waals surface area contributed by atoms with Crippen molar-refractivity contribution in [1.82, 2.24) is 0 Å². The van der Waals surface area contributed by atoms with Crippen LogP contribution in [0.2, 0.25) is 0 Å². The molecular formula is C16H17F2NO3S. The Bertz CT molecular complexity index is 776. The van der Waals surface area contributed by atoms with Crippen LogP contribution in [0.3, 0.4) is 0 Å². The first-order valence-corrected chi connectivity index (χ1v) is 8.54. The van der Waals surface area contributed by atoms with E-state index in [1.807, 2.05) is 6.92 Å². The normalized spacial score (nSPS) is 11.3. The van der Waals surface area contributed by atoms with Gasteiger partial charge in [0.05, 0.1) is 17.2 Å². The smallest absolute Gasteiger partial charge is 0.264 e. The highest BCUT2D eigenvalue weighted by molar-refractivity contribution is 7.92. The van der Waals surface area contributed by atoms with Crippen LogP contribution in [0.15, 0.2) is 47.4 Å². The Labute approximate surface area is 134 Å². The minimum Gasteiger partial charge on any atom is -0.494 e. The summed E-state index contributed by atoms with van der Waals surface area (Å²) in [6.07, 6.45) is 0. The Kier molecular flexibility index (Phi) is 5.20. The zero-order valence-electron chi connectivity index (χ0n) is 12.8. The second-order valence-corrected chi connectivity index (χ2v) is 6.53. The molecule has 4 nitrogen and oxygen atoms in total. The molecule has 0 heterocycles. The van der Waals surface area contributed by atoms with Crippen molar-refractivity contribution in [3.63, 3.8) is 0 Å². The van der Waals surface area contributed by atoms with Crippen molar-refractivity contribution in [3.8, 4) is 5.75 Å². The SMILES string of the molecule is CCOc1ccc(S(=O)(=O)N(CC)c2ccc(F)cc2F)cc1. The molecule has 0 saturated heterocycles. The van der Waals surface area contributed by atoms with Gasteiger partial charge < -0.3 is 4.74 Å². The molecule has 0 aliphatic heterocycles. The van der Waals surface area contributed by atoms with Crippen molar-refractivity contribution in [2.45, 2.75) is 18.7 Å². The lowest BCUT2D eigenvalue weighted by Crippen LogP contribution is -2.31. The number of ether oxygens (including phenoxy) is 1. The van der Waals surface area contributed by atoms with Crippen molar-refractivity contribution in [3.05, 3.63) is 54.1 Å². The summed E-state index contributed by atoms with van der Waals surface area (Å²) in [6, 6.07) is 8.64. The van der Waals surface area contributed by atoms with Gasteiger partial charge in [-0.05, 0) is 50.2 Å². The number of hydrogen-bond donors (Lipinski definition) is 0. The summed E-state index contributed by atoms with van der Waals surface area (Å²) in [5.41, 5.74) is -0.192. The molecule has 0 bridgehead atoms. The number of benzene rings is 2. The summed E-state index contributed by atoms with van der Waals surface area (Å²) in [4.78, 5) is 0.00604. The summed E-state index contributed by atoms with van der Waals surface area (Å²) in [5, 5.41) is 0. The number of rotatable bonds is 6. The minimum atomic E-state index is -3.96. The van der Waals surface area contributed by atoms with Crippen LogP contribution < -0.4 is 9.04 Å². The number of sulfonamides is 1. The van der Waals surface area contributed by atoms with Gasteiger partial charge in [0, 0.05) is 12.6 Å². The van der Waals surface area contributed by atoms with E-state index in [1.54, 1.807) is 6.92 Å². The highest BCUT2D eigenvalue weighted by atomic mass is 32.2. The van der Waals surface area contributed by atoms with Crippen molar-refractivity contribution in [2.24, 2.45) is 0 Å². The van der Waals surface area contributed by atoms with Crippen LogP contribution >= 0.6 is 0 Å². The second kappa shape index (κ2) is 6.95. The molecule has 0 atom stereocenters. The lowest BCUT2D eigenvalue weighted by Gasteiger charge is -2.23. The maximum Gasteiger partial charge on any atom is 0.264 e. The Morgan fingerprint density at radius 3 is 2.22 bits per heavy atom. The zero-order valence-corrected chi connectivity index (χ0v) is 13.6. The minimum absolute atomic E-state index is 0.00604. The van der Waals surface area contributed by atoms with Crippen LogP contribution in [0.4, 0.5) is 14.5 Å². The summed E-state index contributed by atoms with van der Waals surface area (Å²) in [7, 11) is -3.96. The molecule has 2 rings (SSSR count). The third-order valence-electron chi connectivity index (χ3n) is 3.19. The van der Waals surface area contributed by atoms with Gasteiger partial charge in [0.1, 0.15) is 17.4 Å². The molecule has 0 N–H and O–H groups in total. The predicted molar refractivity (Wildman–Crippen MR) is 84.2 cm³/mol. The van der Waals surface area contributed by atoms with E-state index < -0.39 is 21.7 Å². The van der Waals surface area contributed by atoms with Crippen LogP contribution in [0.25, 0.3) is 0 Å². The lowest BCUT2D eigenvalue weighted by atomic mass is 10.3. The third-order valence-corrected chi connectivity index (χ3v) is 5.09. The quantitative estimate of drug-likeness (QED) is 0.807. The van der Waals surface area contributed by atoms with Gasteiger partial charge in [0.2, 0.25) is 0 Å². The van der Waals surface area contributed by atoms with Crippen LogP contribution in [0, 0.1) is 11.6 Å². The monoisotopic (exact) mass is 341 g/mol. The molecule has 124 valence electrons. The highest BCUT2D eigenvalue weighted by Gasteiger charge is 2.26. The average molecular weight is 341 g/mol. The van der Waals surface area contributed by atoms with Gasteiger partial charge in [-0.1, -0.05) is 0 Å². The molecule has 23 heavy (non-hydrogen) atoms. The van der Waals surface area contributed by atoms with E-state index in [0.717, 1.165) is 16.4 Å². The molecule has 0 aliphatic carbocycles. The highest BCUT2D eigenvalue weighted by Crippen LogP contribution is 2.27. The van der Waals surface area contributed by atoms with Gasteiger partial charge in [0.15, 0.2) is 0 Å². The number of halogens is 2. The molecule has 0 radical (unpaired) electrons. The molecule has 7 heteroatoms. The maximum absolute atomic E-state index is 13.9. The van der Waals surface area contributed by atoms with Crippen molar-refractivity contribution in [2.75, 3.05) is 17.5 Å². The van der Waals surface area contributed by atoms with E-state index in [1.165, 1.54) is 24.3 Å². The summed E-state index contributed by atoms with van der Waals surface area (Å²) >= 11 is 0. The first-order chi connectivity index (χ1) is 10.9. The molecular weight excluding hydrogens is 324 g/mol. The van der Waals surface area contributed by atoms with E-state index in [2.05, 4.69) is 0 Å². The Morgan fingerprint density at radius 2 is 1.70 bits per heavy atom. The fourth-order valence-corrected chi connectivity index (χ4v) is 3.64.